The van der Waals surface area contributed by atoms with Gasteiger partial charge in [-0.2, -0.15) is 4.31 Å². The molecular weight excluding hydrogens is 346 g/mol. The van der Waals surface area contributed by atoms with Gasteiger partial charge in [-0.15, -0.1) is 0 Å². The van der Waals surface area contributed by atoms with Crippen molar-refractivity contribution in [2.24, 2.45) is 0 Å². The fourth-order valence-corrected chi connectivity index (χ4v) is 5.95. The molecule has 9 heteroatoms. The average Bonchev–Trinajstić information content (AvgIpc) is 2.87. The Morgan fingerprint density at radius 3 is 2.84 bits per heavy atom. The lowest BCUT2D eigenvalue weighted by molar-refractivity contribution is -0.118. The Labute approximate surface area is 146 Å². The Balaban J connectivity index is 1.79. The molecule has 2 atom stereocenters. The molecule has 25 heavy (non-hydrogen) atoms. The van der Waals surface area contributed by atoms with Crippen molar-refractivity contribution in [3.63, 3.8) is 0 Å². The first-order valence-corrected chi connectivity index (χ1v) is 9.83. The molecule has 8 nitrogen and oxygen atoms in total. The van der Waals surface area contributed by atoms with E-state index in [2.05, 4.69) is 10.6 Å². The molecule has 2 fully saturated rings. The first kappa shape index (κ1) is 16.6. The number of hydrogen-bond acceptors (Lipinski definition) is 6. The normalized spacial score (nSPS) is 26.4. The van der Waals surface area contributed by atoms with Gasteiger partial charge < -0.3 is 20.1 Å². The van der Waals surface area contributed by atoms with Crippen LogP contribution in [0.15, 0.2) is 17.0 Å². The third-order valence-electron chi connectivity index (χ3n) is 5.04. The molecule has 3 heterocycles. The van der Waals surface area contributed by atoms with Crippen molar-refractivity contribution in [2.45, 2.75) is 36.2 Å². The SMILES string of the molecule is COc1cc2c(cc1S(=O)(=O)N1C3CCNCC1CC3)OCC(=O)N2. The van der Waals surface area contributed by atoms with Crippen LogP contribution in [0.5, 0.6) is 11.5 Å². The van der Waals surface area contributed by atoms with Crippen molar-refractivity contribution in [1.29, 1.82) is 0 Å². The number of hydrogen-bond donors (Lipinski definition) is 2. The Morgan fingerprint density at radius 1 is 1.24 bits per heavy atom. The lowest BCUT2D eigenvalue weighted by atomic mass is 10.1. The Kier molecular flexibility index (Phi) is 4.09. The van der Waals surface area contributed by atoms with Gasteiger partial charge >= 0.3 is 0 Å². The molecule has 0 aromatic heterocycles. The van der Waals surface area contributed by atoms with E-state index in [4.69, 9.17) is 9.47 Å². The summed E-state index contributed by atoms with van der Waals surface area (Å²) in [7, 11) is -2.31. The fraction of sp³-hybridized carbons (Fsp3) is 0.562. The monoisotopic (exact) mass is 367 g/mol. The lowest BCUT2D eigenvalue weighted by Crippen LogP contribution is -2.42. The van der Waals surface area contributed by atoms with Crippen LogP contribution < -0.4 is 20.1 Å². The van der Waals surface area contributed by atoms with Crippen LogP contribution in [-0.2, 0) is 14.8 Å². The fourth-order valence-electron chi connectivity index (χ4n) is 3.89. The smallest absolute Gasteiger partial charge is 0.262 e. The molecule has 2 saturated heterocycles. The summed E-state index contributed by atoms with van der Waals surface area (Å²) in [6.45, 7) is 1.36. The van der Waals surface area contributed by atoms with Gasteiger partial charge in [-0.3, -0.25) is 4.79 Å². The van der Waals surface area contributed by atoms with Crippen molar-refractivity contribution >= 4 is 21.6 Å². The van der Waals surface area contributed by atoms with Gasteiger partial charge in [0, 0.05) is 30.8 Å². The molecule has 1 aromatic rings. The molecule has 1 aromatic carbocycles. The van der Waals surface area contributed by atoms with E-state index in [0.29, 0.717) is 18.0 Å². The average molecular weight is 367 g/mol. The molecule has 3 aliphatic heterocycles. The van der Waals surface area contributed by atoms with E-state index in [1.165, 1.54) is 19.2 Å². The summed E-state index contributed by atoms with van der Waals surface area (Å²) in [5.41, 5.74) is 0.424. The van der Waals surface area contributed by atoms with Crippen molar-refractivity contribution in [1.82, 2.24) is 9.62 Å². The van der Waals surface area contributed by atoms with Crippen LogP contribution in [0.4, 0.5) is 5.69 Å². The highest BCUT2D eigenvalue weighted by molar-refractivity contribution is 7.89. The zero-order chi connectivity index (χ0) is 17.6. The van der Waals surface area contributed by atoms with Gasteiger partial charge in [-0.25, -0.2) is 8.42 Å². The largest absolute Gasteiger partial charge is 0.495 e. The van der Waals surface area contributed by atoms with E-state index in [1.807, 2.05) is 0 Å². The number of sulfonamides is 1. The summed E-state index contributed by atoms with van der Waals surface area (Å²) in [5, 5.41) is 5.98. The third-order valence-corrected chi connectivity index (χ3v) is 7.07. The number of carbonyl (C=O) groups excluding carboxylic acids is 1. The molecule has 0 saturated carbocycles. The van der Waals surface area contributed by atoms with E-state index >= 15 is 0 Å². The predicted molar refractivity (Wildman–Crippen MR) is 90.4 cm³/mol. The van der Waals surface area contributed by atoms with Crippen molar-refractivity contribution in [3.8, 4) is 11.5 Å². The molecular formula is C16H21N3O5S. The summed E-state index contributed by atoms with van der Waals surface area (Å²) in [5.74, 6) is 0.280. The van der Waals surface area contributed by atoms with E-state index < -0.39 is 10.0 Å². The van der Waals surface area contributed by atoms with Crippen molar-refractivity contribution in [3.05, 3.63) is 12.1 Å². The molecule has 3 aliphatic rings. The highest BCUT2D eigenvalue weighted by atomic mass is 32.2. The van der Waals surface area contributed by atoms with Crippen LogP contribution >= 0.6 is 0 Å². The van der Waals surface area contributed by atoms with Gasteiger partial charge in [-0.1, -0.05) is 0 Å². The summed E-state index contributed by atoms with van der Waals surface area (Å²) in [4.78, 5) is 11.6. The molecule has 2 unspecified atom stereocenters. The van der Waals surface area contributed by atoms with Crippen LogP contribution in [0.2, 0.25) is 0 Å². The third kappa shape index (κ3) is 2.76. The van der Waals surface area contributed by atoms with E-state index in [0.717, 1.165) is 25.8 Å². The number of ether oxygens (including phenoxy) is 2. The van der Waals surface area contributed by atoms with Gasteiger partial charge in [-0.05, 0) is 25.8 Å². The van der Waals surface area contributed by atoms with Crippen LogP contribution in [0.1, 0.15) is 19.3 Å². The second-order valence-electron chi connectivity index (χ2n) is 6.55. The van der Waals surface area contributed by atoms with Crippen LogP contribution in [0.25, 0.3) is 0 Å². The molecule has 2 bridgehead atoms. The second-order valence-corrected chi connectivity index (χ2v) is 8.36. The number of nitrogens with one attached hydrogen (secondary N) is 2. The second kappa shape index (κ2) is 6.15. The Bertz CT molecular complexity index is 796. The molecule has 0 radical (unpaired) electrons. The molecule has 4 rings (SSSR count). The number of amides is 1. The lowest BCUT2D eigenvalue weighted by Gasteiger charge is -2.28. The maximum absolute atomic E-state index is 13.4. The van der Waals surface area contributed by atoms with Gasteiger partial charge in [0.25, 0.3) is 5.91 Å². The number of benzene rings is 1. The van der Waals surface area contributed by atoms with Gasteiger partial charge in [0.05, 0.1) is 12.8 Å². The molecule has 0 spiro atoms. The minimum absolute atomic E-state index is 0.00589. The van der Waals surface area contributed by atoms with Crippen LogP contribution in [0.3, 0.4) is 0 Å². The number of carbonyl (C=O) groups is 1. The van der Waals surface area contributed by atoms with E-state index in [1.54, 1.807) is 4.31 Å². The first-order chi connectivity index (χ1) is 12.0. The predicted octanol–water partition coefficient (Wildman–Crippen LogP) is 0.541. The number of methoxy groups -OCH3 is 1. The van der Waals surface area contributed by atoms with Crippen molar-refractivity contribution in [2.75, 3.05) is 32.1 Å². The Morgan fingerprint density at radius 2 is 2.04 bits per heavy atom. The molecule has 136 valence electrons. The van der Waals surface area contributed by atoms with Crippen LogP contribution in [0, 0.1) is 0 Å². The molecule has 1 amide bonds. The van der Waals surface area contributed by atoms with E-state index in [-0.39, 0.29) is 35.2 Å². The topological polar surface area (TPSA) is 97.0 Å². The molecule has 0 aliphatic carbocycles. The number of anilines is 1. The van der Waals surface area contributed by atoms with Crippen LogP contribution in [-0.4, -0.2) is 57.5 Å². The highest BCUT2D eigenvalue weighted by Gasteiger charge is 2.44. The summed E-state index contributed by atoms with van der Waals surface area (Å²) < 4.78 is 39.2. The maximum Gasteiger partial charge on any atom is 0.262 e. The highest BCUT2D eigenvalue weighted by Crippen LogP contribution is 2.41. The number of rotatable bonds is 3. The van der Waals surface area contributed by atoms with Crippen molar-refractivity contribution < 1.29 is 22.7 Å². The first-order valence-electron chi connectivity index (χ1n) is 8.39. The zero-order valence-electron chi connectivity index (χ0n) is 13.9. The number of fused-ring (bicyclic) bond motifs is 3. The number of nitrogens with zero attached hydrogens (tertiary/aromatic N) is 1. The van der Waals surface area contributed by atoms with Gasteiger partial charge in [0.1, 0.15) is 16.4 Å². The van der Waals surface area contributed by atoms with Gasteiger partial charge in [0.15, 0.2) is 6.61 Å². The summed E-state index contributed by atoms with van der Waals surface area (Å²) in [6, 6.07) is 2.93. The summed E-state index contributed by atoms with van der Waals surface area (Å²) in [6.07, 6.45) is 2.54. The minimum Gasteiger partial charge on any atom is -0.495 e. The maximum atomic E-state index is 13.4. The summed E-state index contributed by atoms with van der Waals surface area (Å²) >= 11 is 0. The minimum atomic E-state index is -3.74. The zero-order valence-corrected chi connectivity index (χ0v) is 14.8. The van der Waals surface area contributed by atoms with Gasteiger partial charge in [0.2, 0.25) is 10.0 Å². The molecule has 2 N–H and O–H groups in total. The standard InChI is InChI=1S/C16H21N3O5S/c1-23-14-6-12-13(24-9-16(20)18-12)7-15(14)25(21,22)19-10-2-3-11(19)8-17-5-4-10/h6-7,10-11,17H,2-5,8-9H2,1H3,(H,18,20). The van der Waals surface area contributed by atoms with E-state index in [9.17, 15) is 13.2 Å². The Hall–Kier alpha value is -1.84. The quantitative estimate of drug-likeness (QED) is 0.809.